The third-order valence-electron chi connectivity index (χ3n) is 4.24. The summed E-state index contributed by atoms with van der Waals surface area (Å²) in [5.41, 5.74) is 1.84. The van der Waals surface area contributed by atoms with Crippen molar-refractivity contribution >= 4 is 36.9 Å². The number of halogens is 1. The quantitative estimate of drug-likeness (QED) is 0.747. The maximum absolute atomic E-state index is 13.1. The van der Waals surface area contributed by atoms with Crippen LogP contribution in [0.4, 0.5) is 0 Å². The summed E-state index contributed by atoms with van der Waals surface area (Å²) in [7, 11) is -3.52. The van der Waals surface area contributed by atoms with Gasteiger partial charge >= 0.3 is 0 Å². The first-order chi connectivity index (χ1) is 10.3. The molecule has 3 rings (SSSR count). The topological polar surface area (TPSA) is 39.1 Å². The zero-order chi connectivity index (χ0) is 16.0. The number of rotatable bonds is 3. The maximum atomic E-state index is 13.1. The summed E-state index contributed by atoms with van der Waals surface area (Å²) >= 11 is 3.52. The fraction of sp³-hybridized carbons (Fsp3) is 0.294. The Labute approximate surface area is 139 Å². The smallest absolute Gasteiger partial charge is 0.244 e. The number of hydrogen-bond acceptors (Lipinski definition) is 2. The van der Waals surface area contributed by atoms with Crippen LogP contribution < -0.4 is 0 Å². The van der Waals surface area contributed by atoms with Gasteiger partial charge in [-0.05, 0) is 38.0 Å². The largest absolute Gasteiger partial charge is 0.248 e. The van der Waals surface area contributed by atoms with E-state index in [2.05, 4.69) is 15.9 Å². The third-order valence-corrected chi connectivity index (χ3v) is 7.09. The molecule has 0 radical (unpaired) electrons. The van der Waals surface area contributed by atoms with Gasteiger partial charge in [-0.3, -0.25) is 0 Å². The predicted molar refractivity (Wildman–Crippen MR) is 94.9 cm³/mol. The molecule has 1 aromatic heterocycles. The molecule has 0 aliphatic heterocycles. The van der Waals surface area contributed by atoms with E-state index >= 15 is 0 Å². The molecule has 5 heteroatoms. The molecule has 0 spiro atoms. The van der Waals surface area contributed by atoms with Crippen molar-refractivity contribution in [1.82, 2.24) is 3.97 Å². The molecule has 0 amide bonds. The van der Waals surface area contributed by atoms with Crippen LogP contribution in [-0.2, 0) is 10.0 Å². The van der Waals surface area contributed by atoms with Gasteiger partial charge in [0.05, 0.1) is 5.52 Å². The van der Waals surface area contributed by atoms with Crippen LogP contribution in [0.25, 0.3) is 10.9 Å². The Kier molecular flexibility index (Phi) is 3.81. The van der Waals surface area contributed by atoms with Crippen molar-refractivity contribution in [2.24, 2.45) is 0 Å². The number of hydrogen-bond donors (Lipinski definition) is 0. The van der Waals surface area contributed by atoms with Gasteiger partial charge < -0.3 is 0 Å². The standard InChI is InChI=1S/C17H18BrNO2S/c1-13(18)14-7-10-17(2,11-8-14)22(20,21)19-12-9-15-5-3-4-6-16(15)19/h3-10,12-13H,11H2,1-2H3. The van der Waals surface area contributed by atoms with E-state index < -0.39 is 14.8 Å². The zero-order valence-electron chi connectivity index (χ0n) is 12.5. The maximum Gasteiger partial charge on any atom is 0.248 e. The van der Waals surface area contributed by atoms with Gasteiger partial charge in [-0.25, -0.2) is 12.4 Å². The SMILES string of the molecule is CC(Br)C1=CCC(C)(S(=O)(=O)n2ccc3ccccc32)C=C1. The summed E-state index contributed by atoms with van der Waals surface area (Å²) in [5.74, 6) is 0. The molecule has 2 aromatic rings. The van der Waals surface area contributed by atoms with E-state index in [1.165, 1.54) is 3.97 Å². The van der Waals surface area contributed by atoms with Gasteiger partial charge in [0.25, 0.3) is 0 Å². The minimum absolute atomic E-state index is 0.225. The van der Waals surface area contributed by atoms with Crippen LogP contribution in [0.2, 0.25) is 0 Å². The van der Waals surface area contributed by atoms with Crippen molar-refractivity contribution in [2.75, 3.05) is 0 Å². The van der Waals surface area contributed by atoms with Crippen LogP contribution in [0.1, 0.15) is 20.3 Å². The molecule has 1 heterocycles. The number of alkyl halides is 1. The molecule has 3 nitrogen and oxygen atoms in total. The van der Waals surface area contributed by atoms with Crippen LogP contribution in [-0.4, -0.2) is 22.0 Å². The normalized spacial score (nSPS) is 23.5. The predicted octanol–water partition coefficient (Wildman–Crippen LogP) is 4.25. The minimum Gasteiger partial charge on any atom is -0.244 e. The van der Waals surface area contributed by atoms with Crippen molar-refractivity contribution < 1.29 is 8.42 Å². The number of allylic oxidation sites excluding steroid dienone is 3. The number of nitrogens with zero attached hydrogens (tertiary/aromatic N) is 1. The van der Waals surface area contributed by atoms with Gasteiger partial charge in [0.15, 0.2) is 0 Å². The van der Waals surface area contributed by atoms with Crippen LogP contribution in [0.5, 0.6) is 0 Å². The van der Waals surface area contributed by atoms with E-state index in [-0.39, 0.29) is 4.83 Å². The summed E-state index contributed by atoms with van der Waals surface area (Å²) in [6.45, 7) is 3.81. The van der Waals surface area contributed by atoms with Crippen LogP contribution in [0.15, 0.2) is 60.3 Å². The van der Waals surface area contributed by atoms with Gasteiger partial charge in [-0.15, -0.1) is 0 Å². The fourth-order valence-corrected chi connectivity index (χ4v) is 4.68. The molecule has 0 fully saturated rings. The lowest BCUT2D eigenvalue weighted by molar-refractivity contribution is 0.554. The highest BCUT2D eigenvalue weighted by atomic mass is 79.9. The third kappa shape index (κ3) is 2.36. The molecule has 0 N–H and O–H groups in total. The Morgan fingerprint density at radius 3 is 2.64 bits per heavy atom. The number of fused-ring (bicyclic) bond motifs is 1. The average Bonchev–Trinajstić information content (AvgIpc) is 2.92. The first-order valence-corrected chi connectivity index (χ1v) is 9.55. The first kappa shape index (κ1) is 15.6. The molecule has 116 valence electrons. The lowest BCUT2D eigenvalue weighted by Gasteiger charge is -2.29. The van der Waals surface area contributed by atoms with Gasteiger partial charge in [-0.2, -0.15) is 0 Å². The molecule has 22 heavy (non-hydrogen) atoms. The molecule has 1 aromatic carbocycles. The summed E-state index contributed by atoms with van der Waals surface area (Å²) in [5, 5.41) is 0.930. The molecular weight excluding hydrogens is 362 g/mol. The van der Waals surface area contributed by atoms with E-state index in [1.54, 1.807) is 13.1 Å². The second kappa shape index (κ2) is 5.39. The molecule has 0 saturated carbocycles. The van der Waals surface area contributed by atoms with E-state index in [1.807, 2.05) is 55.5 Å². The average molecular weight is 380 g/mol. The molecule has 1 aliphatic rings. The summed E-state index contributed by atoms with van der Waals surface area (Å²) in [4.78, 5) is 0.225. The Hall–Kier alpha value is -1.33. The van der Waals surface area contributed by atoms with Crippen LogP contribution in [0, 0.1) is 0 Å². The number of benzene rings is 1. The van der Waals surface area contributed by atoms with Crippen molar-refractivity contribution in [3.63, 3.8) is 0 Å². The Bertz CT molecular complexity index is 877. The summed E-state index contributed by atoms with van der Waals surface area (Å²) < 4.78 is 26.7. The van der Waals surface area contributed by atoms with Gasteiger partial charge in [-0.1, -0.05) is 52.4 Å². The van der Waals surface area contributed by atoms with Crippen molar-refractivity contribution in [3.05, 3.63) is 60.3 Å². The van der Waals surface area contributed by atoms with E-state index in [4.69, 9.17) is 0 Å². The Morgan fingerprint density at radius 1 is 1.27 bits per heavy atom. The van der Waals surface area contributed by atoms with E-state index in [9.17, 15) is 8.42 Å². The molecule has 1 aliphatic carbocycles. The molecule has 0 bridgehead atoms. The number of aromatic nitrogens is 1. The molecule has 0 saturated heterocycles. The van der Waals surface area contributed by atoms with E-state index in [0.717, 1.165) is 16.5 Å². The molecular formula is C17H18BrNO2S. The second-order valence-electron chi connectivity index (χ2n) is 5.85. The summed E-state index contributed by atoms with van der Waals surface area (Å²) in [6, 6.07) is 9.37. The van der Waals surface area contributed by atoms with Crippen LogP contribution >= 0.6 is 15.9 Å². The second-order valence-corrected chi connectivity index (χ2v) is 9.50. The Morgan fingerprint density at radius 2 is 2.00 bits per heavy atom. The van der Waals surface area contributed by atoms with Gasteiger partial charge in [0, 0.05) is 16.4 Å². The lowest BCUT2D eigenvalue weighted by Crippen LogP contribution is -2.38. The monoisotopic (exact) mass is 379 g/mol. The van der Waals surface area contributed by atoms with Crippen molar-refractivity contribution in [1.29, 1.82) is 0 Å². The van der Waals surface area contributed by atoms with E-state index in [0.29, 0.717) is 6.42 Å². The zero-order valence-corrected chi connectivity index (χ0v) is 14.9. The molecule has 2 atom stereocenters. The Balaban J connectivity index is 2.06. The lowest BCUT2D eigenvalue weighted by atomic mass is 9.96. The highest BCUT2D eigenvalue weighted by Crippen LogP contribution is 2.34. The fourth-order valence-electron chi connectivity index (χ4n) is 2.71. The van der Waals surface area contributed by atoms with Crippen molar-refractivity contribution in [2.45, 2.75) is 29.8 Å². The van der Waals surface area contributed by atoms with Gasteiger partial charge in [0.2, 0.25) is 10.0 Å². The highest BCUT2D eigenvalue weighted by molar-refractivity contribution is 9.09. The highest BCUT2D eigenvalue weighted by Gasteiger charge is 2.39. The number of para-hydroxylation sites is 1. The molecule has 2 unspecified atom stereocenters. The summed E-state index contributed by atoms with van der Waals surface area (Å²) in [6.07, 6.45) is 7.84. The van der Waals surface area contributed by atoms with Crippen LogP contribution in [0.3, 0.4) is 0 Å². The van der Waals surface area contributed by atoms with Crippen molar-refractivity contribution in [3.8, 4) is 0 Å². The first-order valence-electron chi connectivity index (χ1n) is 7.20. The van der Waals surface area contributed by atoms with Gasteiger partial charge in [0.1, 0.15) is 4.75 Å². The minimum atomic E-state index is -3.52.